The number of amides is 2. The molecule has 0 saturated heterocycles. The number of primary amides is 1. The van der Waals surface area contributed by atoms with E-state index in [1.54, 1.807) is 0 Å². The third-order valence-electron chi connectivity index (χ3n) is 6.02. The van der Waals surface area contributed by atoms with E-state index in [4.69, 9.17) is 16.3 Å². The zero-order valence-electron chi connectivity index (χ0n) is 21.2. The first-order valence-electron chi connectivity index (χ1n) is 11.6. The van der Waals surface area contributed by atoms with Gasteiger partial charge in [0.15, 0.2) is 0 Å². The Labute approximate surface area is 221 Å². The molecule has 2 aromatic rings. The molecule has 0 radical (unpaired) electrons. The highest BCUT2D eigenvalue weighted by Gasteiger charge is 2.41. The van der Waals surface area contributed by atoms with Gasteiger partial charge in [0.1, 0.15) is 5.00 Å². The molecular weight excluding hydrogens is 512 g/mol. The molecule has 196 valence electrons. The summed E-state index contributed by atoms with van der Waals surface area (Å²) in [6, 6.07) is 9.18. The lowest BCUT2D eigenvalue weighted by Gasteiger charge is -2.42. The molecule has 1 aliphatic heterocycles. The lowest BCUT2D eigenvalue weighted by atomic mass is 9.81. The molecule has 2 amide bonds. The second kappa shape index (κ2) is 10.6. The van der Waals surface area contributed by atoms with E-state index in [2.05, 4.69) is 10.6 Å². The van der Waals surface area contributed by atoms with Gasteiger partial charge >= 0.3 is 0 Å². The van der Waals surface area contributed by atoms with E-state index in [1.807, 2.05) is 39.8 Å². The normalized spacial score (nSPS) is 15.9. The van der Waals surface area contributed by atoms with Gasteiger partial charge in [-0.2, -0.15) is 14.8 Å². The van der Waals surface area contributed by atoms with Gasteiger partial charge in [-0.3, -0.25) is 9.59 Å². The van der Waals surface area contributed by atoms with E-state index in [0.717, 1.165) is 14.7 Å². The Morgan fingerprint density at radius 2 is 1.68 bits per heavy atom. The van der Waals surface area contributed by atoms with Crippen molar-refractivity contribution >= 4 is 38.2 Å². The first-order chi connectivity index (χ1) is 17.2. The number of nitrogens with zero attached hydrogens (tertiary/aromatic N) is 3. The molecule has 0 bridgehead atoms. The molecule has 0 unspecified atom stereocenters. The molecule has 1 aliphatic rings. The average Bonchev–Trinajstić information content (AvgIpc) is 3.16. The summed E-state index contributed by atoms with van der Waals surface area (Å²) in [5.74, 6) is -1.14. The number of anilines is 1. The van der Waals surface area contributed by atoms with Gasteiger partial charge in [-0.15, -0.1) is 11.3 Å². The molecule has 3 rings (SSSR count). The van der Waals surface area contributed by atoms with Crippen LogP contribution in [0.4, 0.5) is 5.00 Å². The van der Waals surface area contributed by atoms with Crippen LogP contribution in [-0.4, -0.2) is 43.2 Å². The number of rotatable bonds is 9. The van der Waals surface area contributed by atoms with E-state index in [9.17, 15) is 18.0 Å². The molecule has 10 nitrogen and oxygen atoms in total. The van der Waals surface area contributed by atoms with Crippen LogP contribution < -0.4 is 16.4 Å². The van der Waals surface area contributed by atoms with Gasteiger partial charge in [0.2, 0.25) is 10.0 Å². The Morgan fingerprint density at radius 1 is 1.11 bits per heavy atom. The molecule has 2 heterocycles. The molecule has 1 aromatic carbocycles. The summed E-state index contributed by atoms with van der Waals surface area (Å²) in [5, 5.41) is 24.4. The van der Waals surface area contributed by atoms with Gasteiger partial charge in [0.25, 0.3) is 11.8 Å². The van der Waals surface area contributed by atoms with Crippen molar-refractivity contribution in [1.29, 1.82) is 10.5 Å². The Bertz CT molecular complexity index is 1380. The minimum absolute atomic E-state index is 0.0123. The summed E-state index contributed by atoms with van der Waals surface area (Å²) in [4.78, 5) is 26.3. The van der Waals surface area contributed by atoms with Gasteiger partial charge in [-0.25, -0.2) is 8.42 Å². The Hall–Kier alpha value is -3.29. The Morgan fingerprint density at radius 3 is 2.19 bits per heavy atom. The van der Waals surface area contributed by atoms with Crippen molar-refractivity contribution in [3.8, 4) is 12.1 Å². The van der Waals surface area contributed by atoms with E-state index in [0.29, 0.717) is 17.0 Å². The predicted molar refractivity (Wildman–Crippen MR) is 140 cm³/mol. The second-order valence-electron chi connectivity index (χ2n) is 9.99. The van der Waals surface area contributed by atoms with Crippen LogP contribution in [0.2, 0.25) is 0 Å². The van der Waals surface area contributed by atoms with E-state index >= 15 is 0 Å². The van der Waals surface area contributed by atoms with Crippen molar-refractivity contribution in [1.82, 2.24) is 9.62 Å². The number of hydrogen-bond acceptors (Lipinski definition) is 8. The fourth-order valence-corrected chi connectivity index (χ4v) is 7.40. The smallest absolute Gasteiger partial charge is 0.256 e. The third-order valence-corrected chi connectivity index (χ3v) is 9.40. The number of nitrogens with two attached hydrogens (primary N) is 1. The summed E-state index contributed by atoms with van der Waals surface area (Å²) in [6.07, 6.45) is 0.542. The van der Waals surface area contributed by atoms with Gasteiger partial charge in [-0.05, 0) is 63.9 Å². The number of nitrogens with one attached hydrogen (secondary N) is 2. The molecule has 0 atom stereocenters. The first kappa shape index (κ1) is 28.3. The second-order valence-corrected chi connectivity index (χ2v) is 12.9. The van der Waals surface area contributed by atoms with E-state index in [-0.39, 0.29) is 41.9 Å². The molecule has 0 aliphatic carbocycles. The molecule has 4 N–H and O–H groups in total. The summed E-state index contributed by atoms with van der Waals surface area (Å²) >= 11 is 1.30. The van der Waals surface area contributed by atoms with Crippen molar-refractivity contribution in [3.63, 3.8) is 0 Å². The van der Waals surface area contributed by atoms with Gasteiger partial charge < -0.3 is 16.4 Å². The predicted octanol–water partition coefficient (Wildman–Crippen LogP) is 3.08. The maximum Gasteiger partial charge on any atom is 0.256 e. The zero-order chi connectivity index (χ0) is 27.6. The van der Waals surface area contributed by atoms with Crippen LogP contribution in [0.3, 0.4) is 0 Å². The number of fused-ring (bicyclic) bond motifs is 1. The van der Waals surface area contributed by atoms with Crippen molar-refractivity contribution in [2.45, 2.75) is 62.9 Å². The van der Waals surface area contributed by atoms with E-state index in [1.165, 1.54) is 35.6 Å². The fourth-order valence-electron chi connectivity index (χ4n) is 4.68. The van der Waals surface area contributed by atoms with Gasteiger partial charge in [0, 0.05) is 47.4 Å². The molecule has 0 saturated carbocycles. The maximum absolute atomic E-state index is 13.1. The zero-order valence-corrected chi connectivity index (χ0v) is 22.8. The molecule has 37 heavy (non-hydrogen) atoms. The number of sulfonamides is 1. The number of carbonyl (C=O) groups is 2. The lowest BCUT2D eigenvalue weighted by molar-refractivity contribution is 0.0999. The lowest BCUT2D eigenvalue weighted by Crippen LogP contribution is -2.55. The summed E-state index contributed by atoms with van der Waals surface area (Å²) in [6.45, 7) is 8.02. The van der Waals surface area contributed by atoms with Gasteiger partial charge in [0.05, 0.1) is 22.6 Å². The number of thiophene rings is 1. The van der Waals surface area contributed by atoms with Crippen molar-refractivity contribution in [2.75, 3.05) is 18.4 Å². The molecule has 0 fully saturated rings. The third kappa shape index (κ3) is 6.00. The fraction of sp³-hybridized carbons (Fsp3) is 0.440. The molecule has 0 spiro atoms. The minimum Gasteiger partial charge on any atom is -0.365 e. The van der Waals surface area contributed by atoms with Crippen LogP contribution in [0.15, 0.2) is 29.2 Å². The molecule has 1 aromatic heterocycles. The maximum atomic E-state index is 13.1. The topological polar surface area (TPSA) is 169 Å². The number of carbonyl (C=O) groups excluding carboxylic acids is 2. The SMILES string of the molecule is CC1(C)Cc2c(sc(NC(=O)c3ccc(S(=O)(=O)N(CCC#N)CCC#N)cc3)c2C(N)=O)C(C)(C)N1. The van der Waals surface area contributed by atoms with Crippen LogP contribution >= 0.6 is 11.3 Å². The van der Waals surface area contributed by atoms with Crippen LogP contribution in [0.5, 0.6) is 0 Å². The number of nitriles is 2. The monoisotopic (exact) mass is 542 g/mol. The minimum atomic E-state index is -3.96. The highest BCUT2D eigenvalue weighted by atomic mass is 32.2. The summed E-state index contributed by atoms with van der Waals surface area (Å²) in [7, 11) is -3.96. The summed E-state index contributed by atoms with van der Waals surface area (Å²) < 4.78 is 27.1. The largest absolute Gasteiger partial charge is 0.365 e. The van der Waals surface area contributed by atoms with E-state index < -0.39 is 27.4 Å². The first-order valence-corrected chi connectivity index (χ1v) is 13.9. The quantitative estimate of drug-likeness (QED) is 0.437. The average molecular weight is 543 g/mol. The summed E-state index contributed by atoms with van der Waals surface area (Å²) in [5.41, 5.74) is 6.31. The molecule has 12 heteroatoms. The highest BCUT2D eigenvalue weighted by Crippen LogP contribution is 2.45. The van der Waals surface area contributed by atoms with Crippen molar-refractivity contribution in [2.24, 2.45) is 5.73 Å². The van der Waals surface area contributed by atoms with Crippen LogP contribution in [0, 0.1) is 22.7 Å². The Balaban J connectivity index is 1.89. The highest BCUT2D eigenvalue weighted by molar-refractivity contribution is 7.89. The Kier molecular flexibility index (Phi) is 8.10. The van der Waals surface area contributed by atoms with Crippen LogP contribution in [0.25, 0.3) is 0 Å². The van der Waals surface area contributed by atoms with Gasteiger partial charge in [-0.1, -0.05) is 0 Å². The van der Waals surface area contributed by atoms with Crippen molar-refractivity contribution in [3.05, 3.63) is 45.8 Å². The number of benzene rings is 1. The van der Waals surface area contributed by atoms with Crippen LogP contribution in [-0.2, 0) is 22.0 Å². The molecular formula is C25H30N6O4S2. The van der Waals surface area contributed by atoms with Crippen molar-refractivity contribution < 1.29 is 18.0 Å². The number of hydrogen-bond donors (Lipinski definition) is 3. The standard InChI is InChI=1S/C25H30N6O4S2/c1-24(2)15-18-19(21(28)32)23(36-20(18)25(3,4)30-24)29-22(33)16-7-9-17(10-8-16)37(34,35)31(13-5-11-26)14-6-12-27/h7-10,30H,5-6,13-15H2,1-4H3,(H2,28,32)(H,29,33). The van der Waals surface area contributed by atoms with Crippen LogP contribution in [0.1, 0.15) is 71.7 Å².